The summed E-state index contributed by atoms with van der Waals surface area (Å²) in [6, 6.07) is 22.0. The number of hydrogen-bond donors (Lipinski definition) is 1. The number of alkyl halides is 3. The van der Waals surface area contributed by atoms with Crippen LogP contribution in [0.4, 0.5) is 18.9 Å². The molecule has 6 nitrogen and oxygen atoms in total. The van der Waals surface area contributed by atoms with Gasteiger partial charge in [0.2, 0.25) is 5.91 Å². The van der Waals surface area contributed by atoms with Gasteiger partial charge in [-0.3, -0.25) is 9.36 Å². The Morgan fingerprint density at radius 1 is 0.972 bits per heavy atom. The Kier molecular flexibility index (Phi) is 7.94. The van der Waals surface area contributed by atoms with Crippen LogP contribution >= 0.6 is 11.8 Å². The van der Waals surface area contributed by atoms with Crippen LogP contribution in [0.5, 0.6) is 5.75 Å². The monoisotopic (exact) mass is 512 g/mol. The smallest absolute Gasteiger partial charge is 0.418 e. The molecule has 0 saturated heterocycles. The highest BCUT2D eigenvalue weighted by Gasteiger charge is 2.33. The first-order valence-electron chi connectivity index (χ1n) is 11.2. The van der Waals surface area contributed by atoms with Gasteiger partial charge in [-0.2, -0.15) is 13.2 Å². The van der Waals surface area contributed by atoms with Crippen LogP contribution in [0.2, 0.25) is 0 Å². The molecule has 0 unspecified atom stereocenters. The molecule has 3 aromatic carbocycles. The number of aromatic nitrogens is 3. The minimum absolute atomic E-state index is 0.146. The van der Waals surface area contributed by atoms with Gasteiger partial charge in [0.15, 0.2) is 5.16 Å². The lowest BCUT2D eigenvalue weighted by Crippen LogP contribution is -2.18. The van der Waals surface area contributed by atoms with E-state index in [1.54, 1.807) is 0 Å². The standard InChI is InChI=1S/C26H23F3N4O2S/c1-2-35-20-14-12-19(13-15-20)33-23(16-18-8-4-3-5-9-18)31-32-25(33)36-17-24(34)30-22-11-7-6-10-21(22)26(27,28)29/h3-15H,2,16-17H2,1H3,(H,30,34). The van der Waals surface area contributed by atoms with E-state index in [-0.39, 0.29) is 11.4 Å². The maximum Gasteiger partial charge on any atom is 0.418 e. The van der Waals surface area contributed by atoms with E-state index < -0.39 is 17.6 Å². The minimum atomic E-state index is -4.57. The van der Waals surface area contributed by atoms with Crippen molar-refractivity contribution >= 4 is 23.4 Å². The molecular formula is C26H23F3N4O2S. The molecule has 0 atom stereocenters. The molecule has 0 aliphatic carbocycles. The quantitative estimate of drug-likeness (QED) is 0.278. The summed E-state index contributed by atoms with van der Waals surface area (Å²) in [5.41, 5.74) is 0.634. The van der Waals surface area contributed by atoms with E-state index in [2.05, 4.69) is 15.5 Å². The summed E-state index contributed by atoms with van der Waals surface area (Å²) in [6.45, 7) is 2.44. The summed E-state index contributed by atoms with van der Waals surface area (Å²) in [5, 5.41) is 11.4. The molecule has 0 fully saturated rings. The second-order valence-electron chi connectivity index (χ2n) is 7.70. The summed E-state index contributed by atoms with van der Waals surface area (Å²) < 4.78 is 47.1. The number of ether oxygens (including phenoxy) is 1. The van der Waals surface area contributed by atoms with E-state index in [4.69, 9.17) is 4.74 Å². The molecule has 0 aliphatic rings. The summed E-state index contributed by atoms with van der Waals surface area (Å²) >= 11 is 1.09. The van der Waals surface area contributed by atoms with Gasteiger partial charge < -0.3 is 10.1 Å². The molecule has 1 amide bonds. The molecule has 36 heavy (non-hydrogen) atoms. The van der Waals surface area contributed by atoms with Crippen LogP contribution in [0.15, 0.2) is 84.0 Å². The molecule has 10 heteroatoms. The number of rotatable bonds is 9. The summed E-state index contributed by atoms with van der Waals surface area (Å²) in [4.78, 5) is 12.6. The van der Waals surface area contributed by atoms with E-state index >= 15 is 0 Å². The van der Waals surface area contributed by atoms with Crippen molar-refractivity contribution in [2.75, 3.05) is 17.7 Å². The number of carbonyl (C=O) groups is 1. The number of halogens is 3. The maximum atomic E-state index is 13.3. The number of para-hydroxylation sites is 1. The van der Waals surface area contributed by atoms with Gasteiger partial charge in [0.05, 0.1) is 23.6 Å². The molecule has 1 aromatic heterocycles. The van der Waals surface area contributed by atoms with E-state index in [0.717, 1.165) is 34.8 Å². The van der Waals surface area contributed by atoms with E-state index in [0.29, 0.717) is 24.0 Å². The van der Waals surface area contributed by atoms with Crippen LogP contribution in [-0.4, -0.2) is 33.0 Å². The Bertz CT molecular complexity index is 1310. The second-order valence-corrected chi connectivity index (χ2v) is 8.65. The third-order valence-corrected chi connectivity index (χ3v) is 6.08. The van der Waals surface area contributed by atoms with Crippen LogP contribution < -0.4 is 10.1 Å². The molecule has 1 heterocycles. The number of hydrogen-bond acceptors (Lipinski definition) is 5. The van der Waals surface area contributed by atoms with Gasteiger partial charge >= 0.3 is 6.18 Å². The number of amides is 1. The van der Waals surface area contributed by atoms with Crippen molar-refractivity contribution in [1.29, 1.82) is 0 Å². The molecule has 4 rings (SSSR count). The van der Waals surface area contributed by atoms with Gasteiger partial charge in [-0.1, -0.05) is 54.2 Å². The molecule has 0 aliphatic heterocycles. The molecule has 4 aromatic rings. The van der Waals surface area contributed by atoms with Crippen molar-refractivity contribution in [2.24, 2.45) is 0 Å². The van der Waals surface area contributed by atoms with Crippen molar-refractivity contribution in [3.63, 3.8) is 0 Å². The van der Waals surface area contributed by atoms with Gasteiger partial charge in [-0.15, -0.1) is 10.2 Å². The van der Waals surface area contributed by atoms with Crippen LogP contribution in [0.3, 0.4) is 0 Å². The average Bonchev–Trinajstić information content (AvgIpc) is 3.26. The predicted octanol–water partition coefficient (Wildman–Crippen LogP) is 6.01. The first kappa shape index (κ1) is 25.3. The van der Waals surface area contributed by atoms with Gasteiger partial charge in [0, 0.05) is 12.1 Å². The zero-order valence-corrected chi connectivity index (χ0v) is 20.1. The number of thioether (sulfide) groups is 1. The molecule has 186 valence electrons. The topological polar surface area (TPSA) is 69.0 Å². The van der Waals surface area contributed by atoms with Crippen LogP contribution in [0.25, 0.3) is 5.69 Å². The molecule has 1 N–H and O–H groups in total. The number of anilines is 1. The highest BCUT2D eigenvalue weighted by atomic mass is 32.2. The van der Waals surface area contributed by atoms with Gasteiger partial charge in [0.1, 0.15) is 11.6 Å². The van der Waals surface area contributed by atoms with Crippen molar-refractivity contribution in [2.45, 2.75) is 24.7 Å². The number of benzene rings is 3. The Morgan fingerprint density at radius 2 is 1.67 bits per heavy atom. The molecule has 0 saturated carbocycles. The van der Waals surface area contributed by atoms with E-state index in [9.17, 15) is 18.0 Å². The SMILES string of the molecule is CCOc1ccc(-n2c(Cc3ccccc3)nnc2SCC(=O)Nc2ccccc2C(F)(F)F)cc1. The summed E-state index contributed by atoms with van der Waals surface area (Å²) in [5.74, 6) is 0.654. The molecular weight excluding hydrogens is 489 g/mol. The Morgan fingerprint density at radius 3 is 2.36 bits per heavy atom. The number of nitrogens with zero attached hydrogens (tertiary/aromatic N) is 3. The van der Waals surface area contributed by atoms with E-state index in [1.165, 1.54) is 18.2 Å². The number of nitrogens with one attached hydrogen (secondary N) is 1. The number of carbonyl (C=O) groups excluding carboxylic acids is 1. The molecule has 0 radical (unpaired) electrons. The molecule has 0 spiro atoms. The lowest BCUT2D eigenvalue weighted by atomic mass is 10.1. The third-order valence-electron chi connectivity index (χ3n) is 5.15. The van der Waals surface area contributed by atoms with Crippen molar-refractivity contribution in [1.82, 2.24) is 14.8 Å². The van der Waals surface area contributed by atoms with Crippen molar-refractivity contribution < 1.29 is 22.7 Å². The van der Waals surface area contributed by atoms with Gasteiger partial charge in [-0.05, 0) is 48.9 Å². The fourth-order valence-corrected chi connectivity index (χ4v) is 4.33. The largest absolute Gasteiger partial charge is 0.494 e. The minimum Gasteiger partial charge on any atom is -0.494 e. The highest BCUT2D eigenvalue weighted by molar-refractivity contribution is 7.99. The Labute approximate surface area is 210 Å². The van der Waals surface area contributed by atoms with Crippen LogP contribution in [0.1, 0.15) is 23.9 Å². The Hall–Kier alpha value is -3.79. The van der Waals surface area contributed by atoms with E-state index in [1.807, 2.05) is 66.1 Å². The predicted molar refractivity (Wildman–Crippen MR) is 133 cm³/mol. The normalized spacial score (nSPS) is 11.3. The van der Waals surface area contributed by atoms with Crippen molar-refractivity contribution in [3.8, 4) is 11.4 Å². The first-order valence-corrected chi connectivity index (χ1v) is 12.1. The zero-order valence-electron chi connectivity index (χ0n) is 19.3. The summed E-state index contributed by atoms with van der Waals surface area (Å²) in [7, 11) is 0. The highest BCUT2D eigenvalue weighted by Crippen LogP contribution is 2.34. The second kappa shape index (κ2) is 11.3. The molecule has 0 bridgehead atoms. The van der Waals surface area contributed by atoms with Gasteiger partial charge in [0.25, 0.3) is 0 Å². The van der Waals surface area contributed by atoms with Crippen LogP contribution in [-0.2, 0) is 17.4 Å². The maximum absolute atomic E-state index is 13.3. The first-order chi connectivity index (χ1) is 17.3. The van der Waals surface area contributed by atoms with Crippen molar-refractivity contribution in [3.05, 3.63) is 95.8 Å². The lowest BCUT2D eigenvalue weighted by molar-refractivity contribution is -0.137. The Balaban J connectivity index is 1.56. The zero-order chi connectivity index (χ0) is 25.5. The lowest BCUT2D eigenvalue weighted by Gasteiger charge is -2.14. The fourth-order valence-electron chi connectivity index (χ4n) is 3.56. The van der Waals surface area contributed by atoms with Gasteiger partial charge in [-0.25, -0.2) is 0 Å². The van der Waals surface area contributed by atoms with Crippen LogP contribution in [0, 0.1) is 0 Å². The summed E-state index contributed by atoms with van der Waals surface area (Å²) in [6.07, 6.45) is -4.07. The fraction of sp³-hybridized carbons (Fsp3) is 0.192. The third kappa shape index (κ3) is 6.25. The average molecular weight is 513 g/mol.